The summed E-state index contributed by atoms with van der Waals surface area (Å²) in [5.41, 5.74) is 0. The molecule has 1 atom stereocenters. The molecule has 6 heteroatoms. The van der Waals surface area contributed by atoms with E-state index in [4.69, 9.17) is 0 Å². The quantitative estimate of drug-likeness (QED) is 0.781. The average Bonchev–Trinajstić information content (AvgIpc) is 2.39. The van der Waals surface area contributed by atoms with Gasteiger partial charge in [0, 0.05) is 19.0 Å². The van der Waals surface area contributed by atoms with Gasteiger partial charge in [-0.05, 0) is 31.0 Å². The molecule has 0 aliphatic carbocycles. The fourth-order valence-corrected chi connectivity index (χ4v) is 3.65. The normalized spacial score (nSPS) is 21.7. The molecule has 0 bridgehead atoms. The van der Waals surface area contributed by atoms with Crippen LogP contribution in [0.2, 0.25) is 0 Å². The van der Waals surface area contributed by atoms with Gasteiger partial charge in [-0.2, -0.15) is 4.31 Å². The Balaban J connectivity index is 2.28. The van der Waals surface area contributed by atoms with Gasteiger partial charge in [0.05, 0.1) is 4.90 Å². The van der Waals surface area contributed by atoms with Crippen LogP contribution in [0.25, 0.3) is 0 Å². The Kier molecular flexibility index (Phi) is 3.77. The molecule has 0 radical (unpaired) electrons. The zero-order valence-electron chi connectivity index (χ0n) is 9.75. The highest BCUT2D eigenvalue weighted by atomic mass is 32.2. The van der Waals surface area contributed by atoms with Crippen molar-refractivity contribution in [3.8, 4) is 0 Å². The van der Waals surface area contributed by atoms with Crippen molar-refractivity contribution in [2.24, 2.45) is 5.92 Å². The predicted molar refractivity (Wildman–Crippen MR) is 63.9 cm³/mol. The lowest BCUT2D eigenvalue weighted by atomic mass is 10.0. The van der Waals surface area contributed by atoms with Crippen LogP contribution in [0, 0.1) is 11.7 Å². The Bertz CT molecular complexity index is 544. The number of carbonyl (C=O) groups is 1. The molecule has 1 aliphatic rings. The molecule has 18 heavy (non-hydrogen) atoms. The number of halogens is 1. The molecular formula is C12H14FNO3S. The van der Waals surface area contributed by atoms with Crippen LogP contribution in [0.3, 0.4) is 0 Å². The van der Waals surface area contributed by atoms with Gasteiger partial charge in [0.1, 0.15) is 12.1 Å². The second-order valence-corrected chi connectivity index (χ2v) is 6.30. The summed E-state index contributed by atoms with van der Waals surface area (Å²) in [5.74, 6) is -0.845. The number of benzene rings is 1. The van der Waals surface area contributed by atoms with Crippen molar-refractivity contribution in [3.05, 3.63) is 30.1 Å². The molecule has 1 aromatic rings. The molecule has 0 amide bonds. The minimum atomic E-state index is -3.69. The largest absolute Gasteiger partial charge is 0.303 e. The van der Waals surface area contributed by atoms with Crippen molar-refractivity contribution >= 4 is 16.3 Å². The van der Waals surface area contributed by atoms with Gasteiger partial charge < -0.3 is 4.79 Å². The summed E-state index contributed by atoms with van der Waals surface area (Å²) in [4.78, 5) is 10.7. The zero-order valence-corrected chi connectivity index (χ0v) is 10.6. The highest BCUT2D eigenvalue weighted by Gasteiger charge is 2.30. The standard InChI is InChI=1S/C12H14FNO3S/c13-11-4-1-5-12(7-11)18(16,17)14-6-2-3-10(8-14)9-15/h1,4-5,7,9-10H,2-3,6,8H2. The molecule has 0 aromatic heterocycles. The Labute approximate surface area is 105 Å². The lowest BCUT2D eigenvalue weighted by molar-refractivity contribution is -0.112. The van der Waals surface area contributed by atoms with Crippen LogP contribution >= 0.6 is 0 Å². The first-order chi connectivity index (χ1) is 8.54. The molecule has 0 spiro atoms. The van der Waals surface area contributed by atoms with Crippen molar-refractivity contribution < 1.29 is 17.6 Å². The van der Waals surface area contributed by atoms with Crippen LogP contribution in [-0.4, -0.2) is 32.1 Å². The first kappa shape index (κ1) is 13.2. The van der Waals surface area contributed by atoms with Gasteiger partial charge in [0.2, 0.25) is 10.0 Å². The number of carbonyl (C=O) groups excluding carboxylic acids is 1. The summed E-state index contributed by atoms with van der Waals surface area (Å²) < 4.78 is 38.8. The van der Waals surface area contributed by atoms with Gasteiger partial charge >= 0.3 is 0 Å². The summed E-state index contributed by atoms with van der Waals surface area (Å²) in [7, 11) is -3.69. The van der Waals surface area contributed by atoms with E-state index in [9.17, 15) is 17.6 Å². The fraction of sp³-hybridized carbons (Fsp3) is 0.417. The van der Waals surface area contributed by atoms with Gasteiger partial charge in [-0.25, -0.2) is 12.8 Å². The van der Waals surface area contributed by atoms with E-state index in [0.717, 1.165) is 12.4 Å². The number of piperidine rings is 1. The monoisotopic (exact) mass is 271 g/mol. The third-order valence-corrected chi connectivity index (χ3v) is 4.91. The summed E-state index contributed by atoms with van der Waals surface area (Å²) in [6, 6.07) is 4.93. The summed E-state index contributed by atoms with van der Waals surface area (Å²) in [5, 5.41) is 0. The SMILES string of the molecule is O=CC1CCCN(S(=O)(=O)c2cccc(F)c2)C1. The minimum absolute atomic E-state index is 0.0611. The Hall–Kier alpha value is -1.27. The Morgan fingerprint density at radius 2 is 2.17 bits per heavy atom. The highest BCUT2D eigenvalue weighted by Crippen LogP contribution is 2.23. The van der Waals surface area contributed by atoms with Crippen LogP contribution in [0.4, 0.5) is 4.39 Å². The Morgan fingerprint density at radius 1 is 1.39 bits per heavy atom. The van der Waals surface area contributed by atoms with Gasteiger partial charge in [-0.3, -0.25) is 0 Å². The van der Waals surface area contributed by atoms with Gasteiger partial charge in [0.25, 0.3) is 0 Å². The minimum Gasteiger partial charge on any atom is -0.303 e. The molecule has 1 fully saturated rings. The number of hydrogen-bond acceptors (Lipinski definition) is 3. The van der Waals surface area contributed by atoms with Crippen molar-refractivity contribution in [2.75, 3.05) is 13.1 Å². The average molecular weight is 271 g/mol. The molecule has 98 valence electrons. The van der Waals surface area contributed by atoms with E-state index in [1.165, 1.54) is 22.5 Å². The zero-order chi connectivity index (χ0) is 13.2. The second-order valence-electron chi connectivity index (χ2n) is 4.36. The summed E-state index contributed by atoms with van der Waals surface area (Å²) in [6.07, 6.45) is 2.14. The van der Waals surface area contributed by atoms with E-state index in [-0.39, 0.29) is 17.4 Å². The first-order valence-corrected chi connectivity index (χ1v) is 7.19. The molecule has 0 saturated carbocycles. The number of sulfonamides is 1. The van der Waals surface area contributed by atoms with Gasteiger partial charge in [0.15, 0.2) is 0 Å². The predicted octanol–water partition coefficient (Wildman–Crippen LogP) is 1.43. The molecule has 0 N–H and O–H groups in total. The highest BCUT2D eigenvalue weighted by molar-refractivity contribution is 7.89. The topological polar surface area (TPSA) is 54.5 Å². The third kappa shape index (κ3) is 2.59. The number of hydrogen-bond donors (Lipinski definition) is 0. The maximum atomic E-state index is 13.1. The lowest BCUT2D eigenvalue weighted by Gasteiger charge is -2.29. The van der Waals surface area contributed by atoms with Crippen molar-refractivity contribution in [1.82, 2.24) is 4.31 Å². The molecule has 4 nitrogen and oxygen atoms in total. The van der Waals surface area contributed by atoms with E-state index in [1.807, 2.05) is 0 Å². The van der Waals surface area contributed by atoms with Crippen LogP contribution < -0.4 is 0 Å². The van der Waals surface area contributed by atoms with Crippen molar-refractivity contribution in [2.45, 2.75) is 17.7 Å². The molecule has 1 aromatic carbocycles. The maximum absolute atomic E-state index is 13.1. The van der Waals surface area contributed by atoms with E-state index in [2.05, 4.69) is 0 Å². The third-order valence-electron chi connectivity index (χ3n) is 3.05. The molecule has 2 rings (SSSR count). The van der Waals surface area contributed by atoms with Crippen molar-refractivity contribution in [3.63, 3.8) is 0 Å². The lowest BCUT2D eigenvalue weighted by Crippen LogP contribution is -2.40. The van der Waals surface area contributed by atoms with Crippen LogP contribution in [0.5, 0.6) is 0 Å². The summed E-state index contributed by atoms with van der Waals surface area (Å²) in [6.45, 7) is 0.561. The molecule has 1 saturated heterocycles. The maximum Gasteiger partial charge on any atom is 0.243 e. The van der Waals surface area contributed by atoms with Crippen molar-refractivity contribution in [1.29, 1.82) is 0 Å². The molecule has 1 unspecified atom stereocenters. The summed E-state index contributed by atoms with van der Waals surface area (Å²) >= 11 is 0. The van der Waals surface area contributed by atoms with E-state index in [0.29, 0.717) is 19.4 Å². The molecule has 1 aliphatic heterocycles. The number of nitrogens with zero attached hydrogens (tertiary/aromatic N) is 1. The fourth-order valence-electron chi connectivity index (χ4n) is 2.08. The molecular weight excluding hydrogens is 257 g/mol. The van der Waals surface area contributed by atoms with Crippen LogP contribution in [0.1, 0.15) is 12.8 Å². The first-order valence-electron chi connectivity index (χ1n) is 5.75. The Morgan fingerprint density at radius 3 is 2.83 bits per heavy atom. The van der Waals surface area contributed by atoms with Crippen LogP contribution in [-0.2, 0) is 14.8 Å². The van der Waals surface area contributed by atoms with Crippen LogP contribution in [0.15, 0.2) is 29.2 Å². The van der Waals surface area contributed by atoms with Gasteiger partial charge in [-0.15, -0.1) is 0 Å². The van der Waals surface area contributed by atoms with E-state index >= 15 is 0 Å². The smallest absolute Gasteiger partial charge is 0.243 e. The number of rotatable bonds is 3. The number of aldehydes is 1. The van der Waals surface area contributed by atoms with E-state index in [1.54, 1.807) is 0 Å². The van der Waals surface area contributed by atoms with Gasteiger partial charge in [-0.1, -0.05) is 6.07 Å². The van der Waals surface area contributed by atoms with E-state index < -0.39 is 15.8 Å². The molecule has 1 heterocycles. The second kappa shape index (κ2) is 5.16.